The summed E-state index contributed by atoms with van der Waals surface area (Å²) in [6, 6.07) is 8.05. The Balaban J connectivity index is 2.18. The maximum atomic E-state index is 9.98. The van der Waals surface area contributed by atoms with E-state index in [2.05, 4.69) is 5.32 Å². The molecule has 2 rings (SSSR count). The molecule has 0 aliphatic carbocycles. The van der Waals surface area contributed by atoms with Crippen LogP contribution < -0.4 is 5.32 Å². The first kappa shape index (κ1) is 8.73. The Morgan fingerprint density at radius 3 is 2.62 bits per heavy atom. The van der Waals surface area contributed by atoms with Crippen molar-refractivity contribution >= 4 is 0 Å². The summed E-state index contributed by atoms with van der Waals surface area (Å²) in [6.07, 6.45) is -0.289. The molecule has 1 atom stereocenters. The second-order valence-corrected chi connectivity index (χ2v) is 3.72. The summed E-state index contributed by atoms with van der Waals surface area (Å²) in [5.41, 5.74) is 2.26. The molecule has 1 aromatic carbocycles. The number of hydrogen-bond donors (Lipinski definition) is 2. The number of aliphatic hydroxyl groups excluding tert-OH is 1. The van der Waals surface area contributed by atoms with Gasteiger partial charge in [0.25, 0.3) is 0 Å². The highest BCUT2D eigenvalue weighted by molar-refractivity contribution is 5.28. The van der Waals surface area contributed by atoms with Crippen LogP contribution in [0.3, 0.4) is 0 Å². The Bertz CT molecular complexity index is 294. The minimum Gasteiger partial charge on any atom is -0.388 e. The van der Waals surface area contributed by atoms with Crippen molar-refractivity contribution in [2.24, 2.45) is 5.92 Å². The molecule has 0 aromatic heterocycles. The highest BCUT2D eigenvalue weighted by atomic mass is 16.3. The minimum atomic E-state index is -0.289. The topological polar surface area (TPSA) is 32.3 Å². The molecule has 0 bridgehead atoms. The molecule has 13 heavy (non-hydrogen) atoms. The van der Waals surface area contributed by atoms with Crippen LogP contribution in [0.2, 0.25) is 0 Å². The molecule has 0 amide bonds. The van der Waals surface area contributed by atoms with Crippen LogP contribution in [-0.2, 0) is 0 Å². The normalized spacial score (nSPS) is 19.5. The third-order valence-electron chi connectivity index (χ3n) is 2.77. The third-order valence-corrected chi connectivity index (χ3v) is 2.77. The maximum absolute atomic E-state index is 9.98. The smallest absolute Gasteiger partial charge is 0.0845 e. The summed E-state index contributed by atoms with van der Waals surface area (Å²) in [6.45, 7) is 3.93. The summed E-state index contributed by atoms with van der Waals surface area (Å²) < 4.78 is 0. The predicted octanol–water partition coefficient (Wildman–Crippen LogP) is 1.25. The zero-order chi connectivity index (χ0) is 9.26. The number of rotatable bonds is 2. The van der Waals surface area contributed by atoms with Crippen molar-refractivity contribution in [3.05, 3.63) is 35.4 Å². The Hall–Kier alpha value is -0.860. The van der Waals surface area contributed by atoms with Crippen molar-refractivity contribution in [2.75, 3.05) is 13.1 Å². The number of aliphatic hydroxyl groups is 1. The van der Waals surface area contributed by atoms with E-state index in [4.69, 9.17) is 0 Å². The van der Waals surface area contributed by atoms with Crippen LogP contribution in [-0.4, -0.2) is 18.2 Å². The number of hydrogen-bond acceptors (Lipinski definition) is 2. The van der Waals surface area contributed by atoms with Crippen LogP contribution in [0.5, 0.6) is 0 Å². The van der Waals surface area contributed by atoms with Gasteiger partial charge in [-0.2, -0.15) is 0 Å². The largest absolute Gasteiger partial charge is 0.388 e. The molecule has 2 N–H and O–H groups in total. The van der Waals surface area contributed by atoms with E-state index in [-0.39, 0.29) is 6.10 Å². The third kappa shape index (κ3) is 1.60. The fourth-order valence-electron chi connectivity index (χ4n) is 1.71. The average molecular weight is 177 g/mol. The summed E-state index contributed by atoms with van der Waals surface area (Å²) in [4.78, 5) is 0. The van der Waals surface area contributed by atoms with E-state index >= 15 is 0 Å². The fraction of sp³-hybridized carbons (Fsp3) is 0.455. The molecule has 1 heterocycles. The summed E-state index contributed by atoms with van der Waals surface area (Å²) in [5.74, 6) is 0.404. The molecule has 1 unspecified atom stereocenters. The van der Waals surface area contributed by atoms with Gasteiger partial charge >= 0.3 is 0 Å². The van der Waals surface area contributed by atoms with Crippen molar-refractivity contribution in [1.29, 1.82) is 0 Å². The van der Waals surface area contributed by atoms with E-state index < -0.39 is 0 Å². The second kappa shape index (κ2) is 3.48. The SMILES string of the molecule is Cc1ccccc1C(O)C1CNC1. The molecule has 70 valence electrons. The summed E-state index contributed by atoms with van der Waals surface area (Å²) >= 11 is 0. The van der Waals surface area contributed by atoms with Gasteiger partial charge in [-0.3, -0.25) is 0 Å². The lowest BCUT2D eigenvalue weighted by atomic mass is 9.89. The molecule has 0 spiro atoms. The van der Waals surface area contributed by atoms with Crippen LogP contribution in [0.4, 0.5) is 0 Å². The molecule has 1 fully saturated rings. The van der Waals surface area contributed by atoms with E-state index in [1.54, 1.807) is 0 Å². The van der Waals surface area contributed by atoms with Crippen LogP contribution in [0, 0.1) is 12.8 Å². The average Bonchev–Trinajstić information content (AvgIpc) is 2.01. The Labute approximate surface area is 78.6 Å². The lowest BCUT2D eigenvalue weighted by Crippen LogP contribution is -2.45. The van der Waals surface area contributed by atoms with Crippen molar-refractivity contribution in [3.8, 4) is 0 Å². The van der Waals surface area contributed by atoms with Gasteiger partial charge in [-0.1, -0.05) is 24.3 Å². The predicted molar refractivity (Wildman–Crippen MR) is 52.5 cm³/mol. The number of benzene rings is 1. The molecule has 2 nitrogen and oxygen atoms in total. The van der Waals surface area contributed by atoms with Crippen LogP contribution in [0.1, 0.15) is 17.2 Å². The van der Waals surface area contributed by atoms with Gasteiger partial charge in [-0.15, -0.1) is 0 Å². The van der Waals surface area contributed by atoms with Crippen molar-refractivity contribution in [2.45, 2.75) is 13.0 Å². The van der Waals surface area contributed by atoms with Crippen molar-refractivity contribution < 1.29 is 5.11 Å². The molecule has 1 aliphatic rings. The van der Waals surface area contributed by atoms with Gasteiger partial charge in [-0.05, 0) is 18.1 Å². The molecule has 2 heteroatoms. The van der Waals surface area contributed by atoms with Gasteiger partial charge in [-0.25, -0.2) is 0 Å². The first-order valence-corrected chi connectivity index (χ1v) is 4.73. The van der Waals surface area contributed by atoms with Gasteiger partial charge in [0.1, 0.15) is 0 Å². The molecule has 1 aliphatic heterocycles. The lowest BCUT2D eigenvalue weighted by Gasteiger charge is -2.32. The van der Waals surface area contributed by atoms with Crippen molar-refractivity contribution in [1.82, 2.24) is 5.32 Å². The van der Waals surface area contributed by atoms with E-state index in [1.807, 2.05) is 31.2 Å². The first-order chi connectivity index (χ1) is 6.29. The molecular weight excluding hydrogens is 162 g/mol. The van der Waals surface area contributed by atoms with Gasteiger partial charge < -0.3 is 10.4 Å². The van der Waals surface area contributed by atoms with Gasteiger partial charge in [0.15, 0.2) is 0 Å². The van der Waals surface area contributed by atoms with E-state index in [1.165, 1.54) is 5.56 Å². The standard InChI is InChI=1S/C11H15NO/c1-8-4-2-3-5-10(8)11(13)9-6-12-7-9/h2-5,9,11-13H,6-7H2,1H3. The van der Waals surface area contributed by atoms with Crippen LogP contribution in [0.25, 0.3) is 0 Å². The van der Waals surface area contributed by atoms with Gasteiger partial charge in [0, 0.05) is 19.0 Å². The van der Waals surface area contributed by atoms with Gasteiger partial charge in [0.2, 0.25) is 0 Å². The second-order valence-electron chi connectivity index (χ2n) is 3.72. The van der Waals surface area contributed by atoms with Crippen molar-refractivity contribution in [3.63, 3.8) is 0 Å². The number of nitrogens with one attached hydrogen (secondary N) is 1. The molecule has 1 aromatic rings. The molecule has 0 saturated carbocycles. The van der Waals surface area contributed by atoms with E-state index in [0.717, 1.165) is 18.7 Å². The van der Waals surface area contributed by atoms with Crippen LogP contribution >= 0.6 is 0 Å². The highest BCUT2D eigenvalue weighted by Crippen LogP contribution is 2.26. The zero-order valence-corrected chi connectivity index (χ0v) is 7.83. The Kier molecular flexibility index (Phi) is 2.34. The highest BCUT2D eigenvalue weighted by Gasteiger charge is 2.26. The lowest BCUT2D eigenvalue weighted by molar-refractivity contribution is 0.0762. The zero-order valence-electron chi connectivity index (χ0n) is 7.83. The van der Waals surface area contributed by atoms with Crippen LogP contribution in [0.15, 0.2) is 24.3 Å². The monoisotopic (exact) mass is 177 g/mol. The Morgan fingerprint density at radius 2 is 2.08 bits per heavy atom. The first-order valence-electron chi connectivity index (χ1n) is 4.73. The summed E-state index contributed by atoms with van der Waals surface area (Å²) in [7, 11) is 0. The molecule has 1 saturated heterocycles. The number of aryl methyl sites for hydroxylation is 1. The maximum Gasteiger partial charge on any atom is 0.0845 e. The quantitative estimate of drug-likeness (QED) is 0.712. The summed E-state index contributed by atoms with van der Waals surface area (Å²) in [5, 5.41) is 13.2. The fourth-order valence-corrected chi connectivity index (χ4v) is 1.71. The Morgan fingerprint density at radius 1 is 1.38 bits per heavy atom. The van der Waals surface area contributed by atoms with Gasteiger partial charge in [0.05, 0.1) is 6.10 Å². The van der Waals surface area contributed by atoms with E-state index in [9.17, 15) is 5.11 Å². The minimum absolute atomic E-state index is 0.289. The molecular formula is C11H15NO. The van der Waals surface area contributed by atoms with E-state index in [0.29, 0.717) is 5.92 Å². The molecule has 0 radical (unpaired) electrons.